The molecule has 0 aliphatic rings. The highest BCUT2D eigenvalue weighted by Gasteiger charge is 2.08. The summed E-state index contributed by atoms with van der Waals surface area (Å²) in [7, 11) is 1.57. The first-order valence-electron chi connectivity index (χ1n) is 7.07. The van der Waals surface area contributed by atoms with E-state index < -0.39 is 0 Å². The fourth-order valence-corrected chi connectivity index (χ4v) is 2.56. The molecule has 128 valence electrons. The number of ether oxygens (including phenoxy) is 1. The van der Waals surface area contributed by atoms with Crippen LogP contribution in [0.15, 0.2) is 42.6 Å². The molecule has 0 aliphatic carbocycles. The van der Waals surface area contributed by atoms with Crippen LogP contribution in [0, 0.1) is 0 Å². The lowest BCUT2D eigenvalue weighted by Gasteiger charge is -2.12. The summed E-state index contributed by atoms with van der Waals surface area (Å²) in [5.74, 6) is 1.33. The van der Waals surface area contributed by atoms with Gasteiger partial charge >= 0.3 is 0 Å². The van der Waals surface area contributed by atoms with Crippen molar-refractivity contribution in [2.75, 3.05) is 17.7 Å². The standard InChI is InChI=1S/C16H12Cl3N5O/c1-25-14-5-3-10(18)7-13(14)21-15-8-20-24-16(23-15)22-12-6-9(17)2-4-11(12)19/h2-8H,1H3,(H2,21,22,23,24). The van der Waals surface area contributed by atoms with Crippen LogP contribution in [-0.4, -0.2) is 22.3 Å². The SMILES string of the molecule is COc1ccc(Cl)cc1Nc1cnnc(Nc2cc(Cl)ccc2Cl)n1. The molecule has 0 bridgehead atoms. The van der Waals surface area contributed by atoms with Crippen LogP contribution in [0.3, 0.4) is 0 Å². The third-order valence-electron chi connectivity index (χ3n) is 3.16. The molecule has 0 fully saturated rings. The van der Waals surface area contributed by atoms with E-state index in [4.69, 9.17) is 39.5 Å². The number of benzene rings is 2. The van der Waals surface area contributed by atoms with Gasteiger partial charge in [0.1, 0.15) is 5.75 Å². The number of anilines is 4. The number of aromatic nitrogens is 3. The van der Waals surface area contributed by atoms with Gasteiger partial charge in [-0.15, -0.1) is 5.10 Å². The predicted molar refractivity (Wildman–Crippen MR) is 101 cm³/mol. The maximum Gasteiger partial charge on any atom is 0.249 e. The average molecular weight is 397 g/mol. The lowest BCUT2D eigenvalue weighted by Crippen LogP contribution is -2.03. The normalized spacial score (nSPS) is 10.4. The van der Waals surface area contributed by atoms with Crippen LogP contribution in [0.4, 0.5) is 23.1 Å². The fraction of sp³-hybridized carbons (Fsp3) is 0.0625. The van der Waals surface area contributed by atoms with Crippen molar-refractivity contribution in [1.82, 2.24) is 15.2 Å². The monoisotopic (exact) mass is 395 g/mol. The number of nitrogens with one attached hydrogen (secondary N) is 2. The summed E-state index contributed by atoms with van der Waals surface area (Å²) in [5.41, 5.74) is 1.23. The molecule has 9 heteroatoms. The van der Waals surface area contributed by atoms with Crippen molar-refractivity contribution in [2.45, 2.75) is 0 Å². The number of methoxy groups -OCH3 is 1. The average Bonchev–Trinajstić information content (AvgIpc) is 2.59. The van der Waals surface area contributed by atoms with Crippen LogP contribution in [0.25, 0.3) is 0 Å². The number of nitrogens with zero attached hydrogens (tertiary/aromatic N) is 3. The van der Waals surface area contributed by atoms with E-state index in [1.807, 2.05) is 0 Å². The van der Waals surface area contributed by atoms with Gasteiger partial charge in [-0.2, -0.15) is 10.1 Å². The van der Waals surface area contributed by atoms with Gasteiger partial charge < -0.3 is 15.4 Å². The zero-order valence-electron chi connectivity index (χ0n) is 12.9. The highest BCUT2D eigenvalue weighted by Crippen LogP contribution is 2.30. The Morgan fingerprint density at radius 2 is 1.64 bits per heavy atom. The van der Waals surface area contributed by atoms with E-state index >= 15 is 0 Å². The van der Waals surface area contributed by atoms with Gasteiger partial charge in [-0.3, -0.25) is 0 Å². The Labute approximate surface area is 159 Å². The van der Waals surface area contributed by atoms with Crippen molar-refractivity contribution in [1.29, 1.82) is 0 Å². The molecule has 3 rings (SSSR count). The quantitative estimate of drug-likeness (QED) is 0.607. The van der Waals surface area contributed by atoms with E-state index in [1.165, 1.54) is 6.20 Å². The van der Waals surface area contributed by atoms with Crippen LogP contribution in [0.2, 0.25) is 15.1 Å². The fourth-order valence-electron chi connectivity index (χ4n) is 2.05. The van der Waals surface area contributed by atoms with Crippen LogP contribution >= 0.6 is 34.8 Å². The molecule has 0 saturated carbocycles. The molecule has 0 saturated heterocycles. The number of hydrogen-bond donors (Lipinski definition) is 2. The summed E-state index contributed by atoms with van der Waals surface area (Å²) in [6.45, 7) is 0. The summed E-state index contributed by atoms with van der Waals surface area (Å²) in [4.78, 5) is 4.34. The lowest BCUT2D eigenvalue weighted by molar-refractivity contribution is 0.417. The van der Waals surface area contributed by atoms with E-state index in [2.05, 4.69) is 25.8 Å². The van der Waals surface area contributed by atoms with Crippen molar-refractivity contribution in [3.8, 4) is 5.75 Å². The third-order valence-corrected chi connectivity index (χ3v) is 3.96. The molecule has 0 amide bonds. The Hall–Kier alpha value is -2.28. The second-order valence-electron chi connectivity index (χ2n) is 4.88. The van der Waals surface area contributed by atoms with Gasteiger partial charge in [-0.1, -0.05) is 34.8 Å². The van der Waals surface area contributed by atoms with Crippen LogP contribution in [-0.2, 0) is 0 Å². The molecule has 0 aliphatic heterocycles. The summed E-state index contributed by atoms with van der Waals surface area (Å²) >= 11 is 18.1. The first kappa shape index (κ1) is 17.5. The van der Waals surface area contributed by atoms with E-state index in [0.717, 1.165) is 0 Å². The zero-order chi connectivity index (χ0) is 17.8. The maximum atomic E-state index is 6.13. The Morgan fingerprint density at radius 3 is 2.40 bits per heavy atom. The van der Waals surface area contributed by atoms with Gasteiger partial charge in [-0.25, -0.2) is 0 Å². The molecule has 2 aromatic carbocycles. The van der Waals surface area contributed by atoms with E-state index in [1.54, 1.807) is 43.5 Å². The van der Waals surface area contributed by atoms with E-state index in [-0.39, 0.29) is 5.95 Å². The summed E-state index contributed by atoms with van der Waals surface area (Å²) in [5, 5.41) is 15.5. The van der Waals surface area contributed by atoms with Gasteiger partial charge in [0.15, 0.2) is 5.82 Å². The summed E-state index contributed by atoms with van der Waals surface area (Å²) in [6.07, 6.45) is 1.48. The first-order valence-corrected chi connectivity index (χ1v) is 8.21. The summed E-state index contributed by atoms with van der Waals surface area (Å²) in [6, 6.07) is 10.3. The molecule has 25 heavy (non-hydrogen) atoms. The molecular weight excluding hydrogens is 385 g/mol. The van der Waals surface area contributed by atoms with Gasteiger partial charge in [0.2, 0.25) is 5.95 Å². The van der Waals surface area contributed by atoms with Gasteiger partial charge in [-0.05, 0) is 36.4 Å². The highest BCUT2D eigenvalue weighted by atomic mass is 35.5. The van der Waals surface area contributed by atoms with Crippen molar-refractivity contribution < 1.29 is 4.74 Å². The zero-order valence-corrected chi connectivity index (χ0v) is 15.2. The van der Waals surface area contributed by atoms with Crippen LogP contribution in [0.1, 0.15) is 0 Å². The number of halogens is 3. The Balaban J connectivity index is 1.85. The van der Waals surface area contributed by atoms with Gasteiger partial charge in [0, 0.05) is 10.0 Å². The number of rotatable bonds is 5. The first-order chi connectivity index (χ1) is 12.0. The molecule has 0 unspecified atom stereocenters. The molecular formula is C16H12Cl3N5O. The minimum absolute atomic E-state index is 0.259. The predicted octanol–water partition coefficient (Wildman–Crippen LogP) is 5.33. The van der Waals surface area contributed by atoms with Crippen molar-refractivity contribution >= 4 is 57.9 Å². The van der Waals surface area contributed by atoms with Crippen LogP contribution in [0.5, 0.6) is 5.75 Å². The largest absolute Gasteiger partial charge is 0.495 e. The topological polar surface area (TPSA) is 72.0 Å². The summed E-state index contributed by atoms with van der Waals surface area (Å²) < 4.78 is 5.29. The minimum atomic E-state index is 0.259. The van der Waals surface area contributed by atoms with Crippen molar-refractivity contribution in [2.24, 2.45) is 0 Å². The van der Waals surface area contributed by atoms with Crippen molar-refractivity contribution in [3.05, 3.63) is 57.7 Å². The Morgan fingerprint density at radius 1 is 0.920 bits per heavy atom. The number of hydrogen-bond acceptors (Lipinski definition) is 6. The third kappa shape index (κ3) is 4.42. The second kappa shape index (κ2) is 7.74. The molecule has 2 N–H and O–H groups in total. The molecule has 3 aromatic rings. The van der Waals surface area contributed by atoms with Crippen molar-refractivity contribution in [3.63, 3.8) is 0 Å². The maximum absolute atomic E-state index is 6.13. The minimum Gasteiger partial charge on any atom is -0.495 e. The second-order valence-corrected chi connectivity index (χ2v) is 6.16. The highest BCUT2D eigenvalue weighted by molar-refractivity contribution is 6.35. The molecule has 0 radical (unpaired) electrons. The Kier molecular flexibility index (Phi) is 5.43. The van der Waals surface area contributed by atoms with Gasteiger partial charge in [0.25, 0.3) is 0 Å². The lowest BCUT2D eigenvalue weighted by atomic mass is 10.3. The molecule has 1 heterocycles. The molecule has 6 nitrogen and oxygen atoms in total. The Bertz CT molecular complexity index is 907. The smallest absolute Gasteiger partial charge is 0.249 e. The molecule has 0 spiro atoms. The molecule has 0 atom stereocenters. The van der Waals surface area contributed by atoms with E-state index in [0.29, 0.717) is 38.0 Å². The van der Waals surface area contributed by atoms with E-state index in [9.17, 15) is 0 Å². The van der Waals surface area contributed by atoms with Crippen LogP contribution < -0.4 is 15.4 Å². The van der Waals surface area contributed by atoms with Gasteiger partial charge in [0.05, 0.1) is 29.7 Å². The molecule has 1 aromatic heterocycles.